The Bertz CT molecular complexity index is 762. The van der Waals surface area contributed by atoms with E-state index in [9.17, 15) is 0 Å². The molecule has 19 heavy (non-hydrogen) atoms. The summed E-state index contributed by atoms with van der Waals surface area (Å²) in [6, 6.07) is 9.48. The summed E-state index contributed by atoms with van der Waals surface area (Å²) in [5, 5.41) is 17.2. The highest BCUT2D eigenvalue weighted by Gasteiger charge is 2.11. The van der Waals surface area contributed by atoms with E-state index in [1.165, 1.54) is 0 Å². The van der Waals surface area contributed by atoms with Crippen LogP contribution in [0.2, 0.25) is 0 Å². The Kier molecular flexibility index (Phi) is 2.60. The molecule has 6 nitrogen and oxygen atoms in total. The summed E-state index contributed by atoms with van der Waals surface area (Å²) in [5.41, 5.74) is 7.85. The number of oxime groups is 1. The molecule has 2 heterocycles. The van der Waals surface area contributed by atoms with E-state index in [1.54, 1.807) is 29.3 Å². The van der Waals surface area contributed by atoms with Crippen LogP contribution in [0.15, 0.2) is 54.1 Å². The summed E-state index contributed by atoms with van der Waals surface area (Å²) in [7, 11) is 0. The van der Waals surface area contributed by atoms with Crippen LogP contribution in [-0.2, 0) is 0 Å². The number of hydrogen-bond donors (Lipinski definition) is 2. The highest BCUT2D eigenvalue weighted by Crippen LogP contribution is 2.19. The van der Waals surface area contributed by atoms with Crippen molar-refractivity contribution in [2.75, 3.05) is 0 Å². The first-order valence-electron chi connectivity index (χ1n) is 5.66. The van der Waals surface area contributed by atoms with Gasteiger partial charge in [-0.1, -0.05) is 23.4 Å². The molecule has 94 valence electrons. The van der Waals surface area contributed by atoms with E-state index >= 15 is 0 Å². The molecule has 0 radical (unpaired) electrons. The van der Waals surface area contributed by atoms with Gasteiger partial charge in [0, 0.05) is 17.1 Å². The number of rotatable bonds is 2. The molecule has 0 aliphatic heterocycles. The molecule has 0 atom stereocenters. The molecule has 6 heteroatoms. The normalized spacial score (nSPS) is 11.9. The van der Waals surface area contributed by atoms with Crippen molar-refractivity contribution >= 4 is 16.7 Å². The third kappa shape index (κ3) is 1.79. The quantitative estimate of drug-likeness (QED) is 0.313. The standard InChI is InChI=1S/C13H11N5O/c14-13(17-19)10-5-6-15-8-12(10)18-11-4-2-1-3-9(11)7-16-18/h1-8,19H,(H2,14,17). The van der Waals surface area contributed by atoms with Gasteiger partial charge in [0.15, 0.2) is 5.84 Å². The lowest BCUT2D eigenvalue weighted by molar-refractivity contribution is 0.318. The van der Waals surface area contributed by atoms with Gasteiger partial charge in [-0.3, -0.25) is 4.98 Å². The van der Waals surface area contributed by atoms with Crippen LogP contribution in [0.1, 0.15) is 5.56 Å². The summed E-state index contributed by atoms with van der Waals surface area (Å²) in [6.07, 6.45) is 4.98. The van der Waals surface area contributed by atoms with Crippen LogP contribution in [0.5, 0.6) is 0 Å². The molecule has 3 rings (SSSR count). The van der Waals surface area contributed by atoms with Crippen molar-refractivity contribution in [2.24, 2.45) is 10.9 Å². The van der Waals surface area contributed by atoms with E-state index in [0.717, 1.165) is 10.9 Å². The van der Waals surface area contributed by atoms with Crippen LogP contribution in [0.3, 0.4) is 0 Å². The third-order valence-corrected chi connectivity index (χ3v) is 2.89. The minimum atomic E-state index is 0.0250. The fourth-order valence-corrected chi connectivity index (χ4v) is 1.99. The average Bonchev–Trinajstić information content (AvgIpc) is 2.90. The number of nitrogens with zero attached hydrogens (tertiary/aromatic N) is 4. The van der Waals surface area contributed by atoms with Gasteiger partial charge in [-0.2, -0.15) is 5.10 Å². The Morgan fingerprint density at radius 1 is 1.21 bits per heavy atom. The number of aromatic nitrogens is 3. The third-order valence-electron chi connectivity index (χ3n) is 2.89. The molecule has 0 aliphatic rings. The zero-order valence-electron chi connectivity index (χ0n) is 9.93. The number of para-hydroxylation sites is 1. The Balaban J connectivity index is 2.28. The topological polar surface area (TPSA) is 89.3 Å². The van der Waals surface area contributed by atoms with Crippen LogP contribution in [0.25, 0.3) is 16.6 Å². The fraction of sp³-hybridized carbons (Fsp3) is 0. The Labute approximate surface area is 108 Å². The summed E-state index contributed by atoms with van der Waals surface area (Å²) in [5.74, 6) is 0.0250. The maximum absolute atomic E-state index is 8.84. The first-order valence-corrected chi connectivity index (χ1v) is 5.66. The van der Waals surface area contributed by atoms with Gasteiger partial charge >= 0.3 is 0 Å². The molecular weight excluding hydrogens is 242 g/mol. The summed E-state index contributed by atoms with van der Waals surface area (Å²) >= 11 is 0. The van der Waals surface area contributed by atoms with E-state index < -0.39 is 0 Å². The molecule has 0 spiro atoms. The smallest absolute Gasteiger partial charge is 0.172 e. The molecule has 0 amide bonds. The Hall–Kier alpha value is -2.89. The number of fused-ring (bicyclic) bond motifs is 1. The first-order chi connectivity index (χ1) is 9.31. The summed E-state index contributed by atoms with van der Waals surface area (Å²) in [4.78, 5) is 4.07. The van der Waals surface area contributed by atoms with Crippen molar-refractivity contribution in [3.63, 3.8) is 0 Å². The lowest BCUT2D eigenvalue weighted by atomic mass is 10.2. The largest absolute Gasteiger partial charge is 0.409 e. The molecule has 0 fully saturated rings. The van der Waals surface area contributed by atoms with Crippen molar-refractivity contribution in [3.05, 3.63) is 54.5 Å². The number of hydrogen-bond acceptors (Lipinski definition) is 4. The van der Waals surface area contributed by atoms with Crippen molar-refractivity contribution in [3.8, 4) is 5.69 Å². The molecule has 0 aliphatic carbocycles. The maximum atomic E-state index is 8.84. The SMILES string of the molecule is N/C(=N/O)c1ccncc1-n1ncc2ccccc21. The molecule has 0 bridgehead atoms. The first kappa shape index (κ1) is 11.2. The molecular formula is C13H11N5O. The zero-order chi connectivity index (χ0) is 13.2. The number of benzene rings is 1. The Morgan fingerprint density at radius 2 is 2.05 bits per heavy atom. The van der Waals surface area contributed by atoms with Crippen LogP contribution >= 0.6 is 0 Å². The van der Waals surface area contributed by atoms with E-state index in [0.29, 0.717) is 11.3 Å². The van der Waals surface area contributed by atoms with E-state index in [4.69, 9.17) is 10.9 Å². The highest BCUT2D eigenvalue weighted by molar-refractivity contribution is 6.00. The van der Waals surface area contributed by atoms with Crippen LogP contribution in [-0.4, -0.2) is 25.8 Å². The molecule has 0 saturated heterocycles. The summed E-state index contributed by atoms with van der Waals surface area (Å²) < 4.78 is 1.72. The number of pyridine rings is 1. The second kappa shape index (κ2) is 4.41. The van der Waals surface area contributed by atoms with E-state index in [1.807, 2.05) is 24.3 Å². The molecule has 3 aromatic rings. The predicted molar refractivity (Wildman–Crippen MR) is 71.4 cm³/mol. The van der Waals surface area contributed by atoms with Gasteiger partial charge in [0.2, 0.25) is 0 Å². The predicted octanol–water partition coefficient (Wildman–Crippen LogP) is 1.51. The van der Waals surface area contributed by atoms with Gasteiger partial charge in [-0.25, -0.2) is 4.68 Å². The monoisotopic (exact) mass is 253 g/mol. The van der Waals surface area contributed by atoms with Crippen LogP contribution in [0.4, 0.5) is 0 Å². The number of amidine groups is 1. The molecule has 0 saturated carbocycles. The molecule has 3 N–H and O–H groups in total. The molecule has 0 unspecified atom stereocenters. The van der Waals surface area contributed by atoms with Crippen molar-refractivity contribution in [1.29, 1.82) is 0 Å². The lowest BCUT2D eigenvalue weighted by Crippen LogP contribution is -2.16. The molecule has 1 aromatic carbocycles. The van der Waals surface area contributed by atoms with E-state index in [2.05, 4.69) is 15.2 Å². The van der Waals surface area contributed by atoms with Crippen molar-refractivity contribution < 1.29 is 5.21 Å². The maximum Gasteiger partial charge on any atom is 0.172 e. The summed E-state index contributed by atoms with van der Waals surface area (Å²) in [6.45, 7) is 0. The number of nitrogens with two attached hydrogens (primary N) is 1. The van der Waals surface area contributed by atoms with Gasteiger partial charge in [0.25, 0.3) is 0 Å². The van der Waals surface area contributed by atoms with Gasteiger partial charge in [-0.15, -0.1) is 0 Å². The van der Waals surface area contributed by atoms with Crippen LogP contribution < -0.4 is 5.73 Å². The fourth-order valence-electron chi connectivity index (χ4n) is 1.99. The van der Waals surface area contributed by atoms with Gasteiger partial charge < -0.3 is 10.9 Å². The van der Waals surface area contributed by atoms with Gasteiger partial charge in [0.1, 0.15) is 0 Å². The van der Waals surface area contributed by atoms with Crippen molar-refractivity contribution in [1.82, 2.24) is 14.8 Å². The highest BCUT2D eigenvalue weighted by atomic mass is 16.4. The van der Waals surface area contributed by atoms with E-state index in [-0.39, 0.29) is 5.84 Å². The van der Waals surface area contributed by atoms with Gasteiger partial charge in [-0.05, 0) is 12.1 Å². The average molecular weight is 253 g/mol. The molecule has 2 aromatic heterocycles. The lowest BCUT2D eigenvalue weighted by Gasteiger charge is -2.08. The second-order valence-electron chi connectivity index (χ2n) is 3.99. The van der Waals surface area contributed by atoms with Crippen LogP contribution in [0, 0.1) is 0 Å². The van der Waals surface area contributed by atoms with Crippen molar-refractivity contribution in [2.45, 2.75) is 0 Å². The minimum Gasteiger partial charge on any atom is -0.409 e. The minimum absolute atomic E-state index is 0.0250. The Morgan fingerprint density at radius 3 is 2.89 bits per heavy atom. The zero-order valence-corrected chi connectivity index (χ0v) is 9.93. The second-order valence-corrected chi connectivity index (χ2v) is 3.99. The van der Waals surface area contributed by atoms with Gasteiger partial charge in [0.05, 0.1) is 23.6 Å².